The molecule has 0 aliphatic heterocycles. The van der Waals surface area contributed by atoms with Gasteiger partial charge in [-0.1, -0.05) is 45.4 Å². The van der Waals surface area contributed by atoms with Crippen LogP contribution in [0.2, 0.25) is 0 Å². The Hall–Kier alpha value is -2.37. The first-order valence-corrected chi connectivity index (χ1v) is 8.16. The Bertz CT molecular complexity index is 557. The number of hydrogen-bond donors (Lipinski definition) is 2. The minimum atomic E-state index is -1.13. The molecule has 0 bridgehead atoms. The highest BCUT2D eigenvalue weighted by atomic mass is 16.4. The zero-order valence-electron chi connectivity index (χ0n) is 14.4. The first-order chi connectivity index (χ1) is 11.3. The number of hydrogen-bond acceptors (Lipinski definition) is 4. The molecule has 24 heavy (non-hydrogen) atoms. The van der Waals surface area contributed by atoms with Crippen molar-refractivity contribution in [1.29, 1.82) is 0 Å². The van der Waals surface area contributed by atoms with Crippen molar-refractivity contribution in [3.05, 3.63) is 35.9 Å². The van der Waals surface area contributed by atoms with E-state index in [0.29, 0.717) is 17.9 Å². The van der Waals surface area contributed by atoms with E-state index in [9.17, 15) is 19.5 Å². The summed E-state index contributed by atoms with van der Waals surface area (Å²) in [4.78, 5) is 35.0. The van der Waals surface area contributed by atoms with Crippen LogP contribution in [0.15, 0.2) is 30.3 Å². The van der Waals surface area contributed by atoms with Crippen molar-refractivity contribution in [1.82, 2.24) is 10.9 Å². The Morgan fingerprint density at radius 1 is 1.00 bits per heavy atom. The minimum Gasteiger partial charge on any atom is -0.550 e. The van der Waals surface area contributed by atoms with Gasteiger partial charge in [0.05, 0.1) is 0 Å². The molecule has 6 nitrogen and oxygen atoms in total. The third kappa shape index (κ3) is 6.81. The third-order valence-corrected chi connectivity index (χ3v) is 3.90. The fourth-order valence-corrected chi connectivity index (χ4v) is 2.42. The lowest BCUT2D eigenvalue weighted by molar-refractivity contribution is -0.313. The molecule has 0 heterocycles. The Kier molecular flexibility index (Phi) is 7.95. The quantitative estimate of drug-likeness (QED) is 0.700. The van der Waals surface area contributed by atoms with E-state index in [0.717, 1.165) is 6.42 Å². The second kappa shape index (κ2) is 9.70. The molecule has 2 atom stereocenters. The van der Waals surface area contributed by atoms with E-state index in [-0.39, 0.29) is 12.3 Å². The number of nitrogens with one attached hydrogen (secondary N) is 2. The summed E-state index contributed by atoms with van der Waals surface area (Å²) < 4.78 is 0. The predicted octanol–water partition coefficient (Wildman–Crippen LogP) is 1.28. The number of carbonyl (C=O) groups excluding carboxylic acids is 3. The van der Waals surface area contributed by atoms with Gasteiger partial charge >= 0.3 is 0 Å². The highest BCUT2D eigenvalue weighted by Gasteiger charge is 2.21. The van der Waals surface area contributed by atoms with Crippen molar-refractivity contribution in [2.24, 2.45) is 17.8 Å². The second-order valence-electron chi connectivity index (χ2n) is 6.45. The number of carbonyl (C=O) groups is 3. The van der Waals surface area contributed by atoms with E-state index in [4.69, 9.17) is 0 Å². The Labute approximate surface area is 142 Å². The molecule has 1 aromatic carbocycles. The lowest BCUT2D eigenvalue weighted by atomic mass is 9.85. The third-order valence-electron chi connectivity index (χ3n) is 3.90. The lowest BCUT2D eigenvalue weighted by Crippen LogP contribution is -2.43. The largest absolute Gasteiger partial charge is 0.550 e. The van der Waals surface area contributed by atoms with Crippen molar-refractivity contribution in [2.75, 3.05) is 0 Å². The van der Waals surface area contributed by atoms with Crippen LogP contribution in [0.4, 0.5) is 0 Å². The molecule has 0 spiro atoms. The number of aliphatic carboxylic acids is 1. The number of benzene rings is 1. The van der Waals surface area contributed by atoms with Gasteiger partial charge in [0, 0.05) is 23.9 Å². The molecule has 0 radical (unpaired) electrons. The summed E-state index contributed by atoms with van der Waals surface area (Å²) >= 11 is 0. The maximum absolute atomic E-state index is 11.9. The van der Waals surface area contributed by atoms with Gasteiger partial charge in [-0.2, -0.15) is 0 Å². The van der Waals surface area contributed by atoms with Crippen LogP contribution < -0.4 is 16.0 Å². The molecule has 1 rings (SSSR count). The lowest BCUT2D eigenvalue weighted by Gasteiger charge is -2.25. The number of rotatable bonds is 8. The zero-order valence-corrected chi connectivity index (χ0v) is 14.4. The first-order valence-electron chi connectivity index (χ1n) is 8.16. The molecule has 0 aliphatic rings. The molecule has 0 unspecified atom stereocenters. The van der Waals surface area contributed by atoms with Gasteiger partial charge in [-0.25, -0.2) is 0 Å². The van der Waals surface area contributed by atoms with Crippen molar-refractivity contribution < 1.29 is 19.5 Å². The summed E-state index contributed by atoms with van der Waals surface area (Å²) in [6, 6.07) is 8.48. The van der Waals surface area contributed by atoms with E-state index in [1.807, 2.05) is 13.8 Å². The molecule has 6 heteroatoms. The van der Waals surface area contributed by atoms with Crippen LogP contribution in [0.25, 0.3) is 0 Å². The van der Waals surface area contributed by atoms with Crippen LogP contribution >= 0.6 is 0 Å². The number of carboxylic acid groups (broad SMARTS) is 1. The van der Waals surface area contributed by atoms with Crippen LogP contribution in [0, 0.1) is 17.8 Å². The first kappa shape index (κ1) is 19.7. The topological polar surface area (TPSA) is 98.3 Å². The summed E-state index contributed by atoms with van der Waals surface area (Å²) in [5.41, 5.74) is 5.07. The fraction of sp³-hybridized carbons (Fsp3) is 0.500. The van der Waals surface area contributed by atoms with Gasteiger partial charge in [-0.05, 0) is 30.4 Å². The van der Waals surface area contributed by atoms with Crippen molar-refractivity contribution in [3.63, 3.8) is 0 Å². The second-order valence-corrected chi connectivity index (χ2v) is 6.45. The van der Waals surface area contributed by atoms with E-state index in [1.54, 1.807) is 37.3 Å². The molecule has 132 valence electrons. The van der Waals surface area contributed by atoms with Gasteiger partial charge < -0.3 is 9.90 Å². The Balaban J connectivity index is 2.47. The van der Waals surface area contributed by atoms with E-state index in [2.05, 4.69) is 10.9 Å². The highest BCUT2D eigenvalue weighted by molar-refractivity contribution is 5.95. The zero-order chi connectivity index (χ0) is 18.1. The molecule has 1 aromatic rings. The van der Waals surface area contributed by atoms with Gasteiger partial charge in [0.15, 0.2) is 0 Å². The summed E-state index contributed by atoms with van der Waals surface area (Å²) in [6.07, 6.45) is 1.24. The fourth-order valence-electron chi connectivity index (χ4n) is 2.42. The SMILES string of the molecule is CC(C)CC[C@H](C(=O)[O-])[C@@H](C)CC(=O)NNC(=O)c1ccccc1. The Morgan fingerprint density at radius 2 is 1.62 bits per heavy atom. The number of hydrazine groups is 1. The smallest absolute Gasteiger partial charge is 0.269 e. The average molecular weight is 333 g/mol. The summed E-state index contributed by atoms with van der Waals surface area (Å²) in [5.74, 6) is -2.65. The van der Waals surface area contributed by atoms with Crippen LogP contribution in [0.3, 0.4) is 0 Å². The maximum Gasteiger partial charge on any atom is 0.269 e. The van der Waals surface area contributed by atoms with Crippen molar-refractivity contribution in [2.45, 2.75) is 40.0 Å². The summed E-state index contributed by atoms with van der Waals surface area (Å²) in [6.45, 7) is 5.74. The number of carboxylic acids is 1. The normalized spacial score (nSPS) is 13.2. The molecular formula is C18H25N2O4-. The molecule has 2 N–H and O–H groups in total. The van der Waals surface area contributed by atoms with Crippen LogP contribution in [-0.2, 0) is 9.59 Å². The molecule has 0 aromatic heterocycles. The molecule has 2 amide bonds. The van der Waals surface area contributed by atoms with Gasteiger partial charge in [-0.15, -0.1) is 0 Å². The standard InChI is InChI=1S/C18H26N2O4/c1-12(2)9-10-15(18(23)24)13(3)11-16(21)19-20-17(22)14-7-5-4-6-8-14/h4-8,12-13,15H,9-11H2,1-3H3,(H,19,21)(H,20,22)(H,23,24)/p-1/t13-,15-/m0/s1. The van der Waals surface area contributed by atoms with Crippen LogP contribution in [0.5, 0.6) is 0 Å². The van der Waals surface area contributed by atoms with E-state index >= 15 is 0 Å². The molecular weight excluding hydrogens is 308 g/mol. The summed E-state index contributed by atoms with van der Waals surface area (Å²) in [7, 11) is 0. The van der Waals surface area contributed by atoms with E-state index < -0.39 is 23.7 Å². The average Bonchev–Trinajstić information content (AvgIpc) is 2.52. The number of amides is 2. The van der Waals surface area contributed by atoms with Gasteiger partial charge in [0.25, 0.3) is 5.91 Å². The molecule has 0 saturated heterocycles. The summed E-state index contributed by atoms with van der Waals surface area (Å²) in [5, 5.41) is 11.3. The van der Waals surface area contributed by atoms with Crippen molar-refractivity contribution in [3.8, 4) is 0 Å². The van der Waals surface area contributed by atoms with Crippen LogP contribution in [0.1, 0.15) is 50.4 Å². The molecule has 0 saturated carbocycles. The van der Waals surface area contributed by atoms with Gasteiger partial charge in [0.1, 0.15) is 0 Å². The molecule has 0 fully saturated rings. The maximum atomic E-state index is 11.9. The monoisotopic (exact) mass is 333 g/mol. The van der Waals surface area contributed by atoms with Gasteiger partial charge in [-0.3, -0.25) is 20.4 Å². The van der Waals surface area contributed by atoms with Gasteiger partial charge in [0.2, 0.25) is 5.91 Å². The van der Waals surface area contributed by atoms with E-state index in [1.165, 1.54) is 0 Å². The van der Waals surface area contributed by atoms with Crippen LogP contribution in [-0.4, -0.2) is 17.8 Å². The predicted molar refractivity (Wildman–Crippen MR) is 88.4 cm³/mol. The Morgan fingerprint density at radius 3 is 2.17 bits per heavy atom. The highest BCUT2D eigenvalue weighted by Crippen LogP contribution is 2.22. The minimum absolute atomic E-state index is 0.00577. The molecule has 0 aliphatic carbocycles. The van der Waals surface area contributed by atoms with Crippen molar-refractivity contribution >= 4 is 17.8 Å².